The van der Waals surface area contributed by atoms with Crippen molar-refractivity contribution in [3.63, 3.8) is 0 Å². The SMILES string of the molecule is C[C@]1(C(=O)NCc2cc3n(n2)CCCN(S(C)(=O)=O)C3)CCCO1. The van der Waals surface area contributed by atoms with Gasteiger partial charge >= 0.3 is 0 Å². The summed E-state index contributed by atoms with van der Waals surface area (Å²) < 4.78 is 32.4. The minimum atomic E-state index is -3.22. The van der Waals surface area contributed by atoms with Crippen LogP contribution in [0, 0.1) is 0 Å². The van der Waals surface area contributed by atoms with E-state index in [0.29, 0.717) is 32.8 Å². The topological polar surface area (TPSA) is 93.5 Å². The molecule has 0 aliphatic carbocycles. The number of nitrogens with zero attached hydrogens (tertiary/aromatic N) is 3. The van der Waals surface area contributed by atoms with E-state index in [9.17, 15) is 13.2 Å². The summed E-state index contributed by atoms with van der Waals surface area (Å²) in [6.07, 6.45) is 3.56. The van der Waals surface area contributed by atoms with Crippen molar-refractivity contribution in [3.8, 4) is 0 Å². The van der Waals surface area contributed by atoms with Crippen LogP contribution in [0.3, 0.4) is 0 Å². The number of aromatic nitrogens is 2. The number of aryl methyl sites for hydroxylation is 1. The highest BCUT2D eigenvalue weighted by atomic mass is 32.2. The molecule has 0 saturated carbocycles. The monoisotopic (exact) mass is 356 g/mol. The average Bonchev–Trinajstić information content (AvgIpc) is 3.06. The van der Waals surface area contributed by atoms with Gasteiger partial charge in [0.2, 0.25) is 10.0 Å². The summed E-state index contributed by atoms with van der Waals surface area (Å²) >= 11 is 0. The molecule has 1 saturated heterocycles. The van der Waals surface area contributed by atoms with Gasteiger partial charge in [0, 0.05) is 19.7 Å². The first kappa shape index (κ1) is 17.4. The number of rotatable bonds is 4. The molecule has 0 aromatic carbocycles. The van der Waals surface area contributed by atoms with E-state index in [1.165, 1.54) is 10.6 Å². The van der Waals surface area contributed by atoms with E-state index in [2.05, 4.69) is 10.4 Å². The maximum Gasteiger partial charge on any atom is 0.252 e. The van der Waals surface area contributed by atoms with E-state index in [0.717, 1.165) is 30.7 Å². The second-order valence-electron chi connectivity index (χ2n) is 6.67. The molecule has 0 spiro atoms. The summed E-state index contributed by atoms with van der Waals surface area (Å²) in [5, 5.41) is 7.36. The Balaban J connectivity index is 1.66. The largest absolute Gasteiger partial charge is 0.365 e. The quantitative estimate of drug-likeness (QED) is 0.834. The third-order valence-corrected chi connectivity index (χ3v) is 5.88. The first-order valence-corrected chi connectivity index (χ1v) is 10.1. The number of carbonyl (C=O) groups excluding carboxylic acids is 1. The summed E-state index contributed by atoms with van der Waals surface area (Å²) in [5.74, 6) is -0.124. The smallest absolute Gasteiger partial charge is 0.252 e. The highest BCUT2D eigenvalue weighted by molar-refractivity contribution is 7.88. The van der Waals surface area contributed by atoms with Gasteiger partial charge in [0.25, 0.3) is 5.91 Å². The van der Waals surface area contributed by atoms with Gasteiger partial charge < -0.3 is 10.1 Å². The standard InChI is InChI=1S/C15H24N4O4S/c1-15(5-3-8-23-15)14(20)16-10-12-9-13-11-18(24(2,21)22)6-4-7-19(13)17-12/h9H,3-8,10-11H2,1-2H3,(H,16,20)/t15-/m1/s1. The number of nitrogens with one attached hydrogen (secondary N) is 1. The zero-order valence-corrected chi connectivity index (χ0v) is 14.9. The molecular formula is C15H24N4O4S. The molecule has 0 radical (unpaired) electrons. The lowest BCUT2D eigenvalue weighted by molar-refractivity contribution is -0.139. The highest BCUT2D eigenvalue weighted by Gasteiger charge is 2.37. The zero-order valence-electron chi connectivity index (χ0n) is 14.1. The van der Waals surface area contributed by atoms with Crippen molar-refractivity contribution in [2.75, 3.05) is 19.4 Å². The molecule has 24 heavy (non-hydrogen) atoms. The molecule has 2 aliphatic rings. The lowest BCUT2D eigenvalue weighted by atomic mass is 10.0. The molecule has 1 amide bonds. The molecule has 9 heteroatoms. The van der Waals surface area contributed by atoms with Gasteiger partial charge in [-0.2, -0.15) is 9.40 Å². The molecule has 1 aromatic heterocycles. The predicted molar refractivity (Wildman–Crippen MR) is 87.5 cm³/mol. The molecule has 1 atom stereocenters. The maximum absolute atomic E-state index is 12.3. The molecule has 3 heterocycles. The van der Waals surface area contributed by atoms with Crippen LogP contribution in [0.1, 0.15) is 37.6 Å². The fourth-order valence-electron chi connectivity index (χ4n) is 3.18. The number of amides is 1. The average molecular weight is 356 g/mol. The Morgan fingerprint density at radius 3 is 2.88 bits per heavy atom. The van der Waals surface area contributed by atoms with Gasteiger partial charge in [0.1, 0.15) is 5.60 Å². The summed E-state index contributed by atoms with van der Waals surface area (Å²) in [4.78, 5) is 12.3. The second kappa shape index (κ2) is 6.45. The van der Waals surface area contributed by atoms with Gasteiger partial charge in [-0.3, -0.25) is 9.48 Å². The predicted octanol–water partition coefficient (Wildman–Crippen LogP) is 0.234. The Bertz CT molecular complexity index is 722. The fourth-order valence-corrected chi connectivity index (χ4v) is 4.01. The number of fused-ring (bicyclic) bond motifs is 1. The number of hydrogen-bond acceptors (Lipinski definition) is 5. The van der Waals surface area contributed by atoms with Gasteiger partial charge in [-0.1, -0.05) is 0 Å². The van der Waals surface area contributed by atoms with Crippen molar-refractivity contribution in [2.24, 2.45) is 0 Å². The number of carbonyl (C=O) groups is 1. The molecule has 1 N–H and O–H groups in total. The first-order valence-electron chi connectivity index (χ1n) is 8.21. The van der Waals surface area contributed by atoms with Crippen LogP contribution in [0.4, 0.5) is 0 Å². The van der Waals surface area contributed by atoms with Crippen LogP contribution < -0.4 is 5.32 Å². The van der Waals surface area contributed by atoms with E-state index in [4.69, 9.17) is 4.74 Å². The van der Waals surface area contributed by atoms with Gasteiger partial charge in [-0.25, -0.2) is 8.42 Å². The van der Waals surface area contributed by atoms with Crippen molar-refractivity contribution >= 4 is 15.9 Å². The first-order chi connectivity index (χ1) is 11.3. The van der Waals surface area contributed by atoms with Crippen molar-refractivity contribution in [2.45, 2.75) is 51.4 Å². The zero-order chi connectivity index (χ0) is 17.4. The highest BCUT2D eigenvalue weighted by Crippen LogP contribution is 2.25. The number of ether oxygens (including phenoxy) is 1. The lowest BCUT2D eigenvalue weighted by Crippen LogP contribution is -2.43. The second-order valence-corrected chi connectivity index (χ2v) is 8.65. The van der Waals surface area contributed by atoms with Gasteiger partial charge in [-0.15, -0.1) is 0 Å². The molecule has 8 nitrogen and oxygen atoms in total. The van der Waals surface area contributed by atoms with E-state index in [1.54, 1.807) is 0 Å². The minimum absolute atomic E-state index is 0.124. The molecule has 3 rings (SSSR count). The van der Waals surface area contributed by atoms with Crippen LogP contribution in [-0.4, -0.2) is 53.4 Å². The molecule has 1 fully saturated rings. The maximum atomic E-state index is 12.3. The fraction of sp³-hybridized carbons (Fsp3) is 0.733. The Morgan fingerprint density at radius 2 is 2.21 bits per heavy atom. The lowest BCUT2D eigenvalue weighted by Gasteiger charge is -2.21. The van der Waals surface area contributed by atoms with E-state index >= 15 is 0 Å². The molecule has 134 valence electrons. The molecular weight excluding hydrogens is 332 g/mol. The Kier molecular flexibility index (Phi) is 4.67. The van der Waals surface area contributed by atoms with Crippen molar-refractivity contribution < 1.29 is 17.9 Å². The van der Waals surface area contributed by atoms with E-state index in [1.807, 2.05) is 17.7 Å². The van der Waals surface area contributed by atoms with Crippen LogP contribution in [0.5, 0.6) is 0 Å². The third-order valence-electron chi connectivity index (χ3n) is 4.63. The molecule has 2 aliphatic heterocycles. The van der Waals surface area contributed by atoms with Crippen LogP contribution in [0.15, 0.2) is 6.07 Å². The van der Waals surface area contributed by atoms with Gasteiger partial charge in [0.05, 0.1) is 30.7 Å². The van der Waals surface area contributed by atoms with Gasteiger partial charge in [0.15, 0.2) is 0 Å². The molecule has 0 bridgehead atoms. The van der Waals surface area contributed by atoms with Crippen LogP contribution in [-0.2, 0) is 39.2 Å². The molecule has 0 unspecified atom stereocenters. The van der Waals surface area contributed by atoms with Crippen molar-refractivity contribution in [3.05, 3.63) is 17.5 Å². The third kappa shape index (κ3) is 3.62. The Morgan fingerprint density at radius 1 is 1.42 bits per heavy atom. The Hall–Kier alpha value is -1.45. The minimum Gasteiger partial charge on any atom is -0.365 e. The van der Waals surface area contributed by atoms with Crippen molar-refractivity contribution in [1.82, 2.24) is 19.4 Å². The molecule has 1 aromatic rings. The summed E-state index contributed by atoms with van der Waals surface area (Å²) in [6.45, 7) is 4.24. The van der Waals surface area contributed by atoms with Crippen LogP contribution >= 0.6 is 0 Å². The number of sulfonamides is 1. The number of hydrogen-bond donors (Lipinski definition) is 1. The van der Waals surface area contributed by atoms with Crippen molar-refractivity contribution in [1.29, 1.82) is 0 Å². The normalized spacial score (nSPS) is 25.2. The Labute approximate surface area is 142 Å². The van der Waals surface area contributed by atoms with E-state index in [-0.39, 0.29) is 5.91 Å². The van der Waals surface area contributed by atoms with E-state index < -0.39 is 15.6 Å². The summed E-state index contributed by atoms with van der Waals surface area (Å²) in [5.41, 5.74) is 0.838. The van der Waals surface area contributed by atoms with Crippen LogP contribution in [0.2, 0.25) is 0 Å². The summed E-state index contributed by atoms with van der Waals surface area (Å²) in [6, 6.07) is 1.86. The van der Waals surface area contributed by atoms with Gasteiger partial charge in [-0.05, 0) is 32.3 Å². The van der Waals surface area contributed by atoms with Crippen LogP contribution in [0.25, 0.3) is 0 Å². The summed E-state index contributed by atoms with van der Waals surface area (Å²) in [7, 11) is -3.22.